The van der Waals surface area contributed by atoms with E-state index in [1.165, 1.54) is 22.2 Å². The predicted molar refractivity (Wildman–Crippen MR) is 132 cm³/mol. The summed E-state index contributed by atoms with van der Waals surface area (Å²) in [5.41, 5.74) is 7.06. The van der Waals surface area contributed by atoms with Crippen LogP contribution in [0, 0.1) is 6.92 Å². The summed E-state index contributed by atoms with van der Waals surface area (Å²) >= 11 is 0. The highest BCUT2D eigenvalue weighted by atomic mass is 35.5. The zero-order valence-corrected chi connectivity index (χ0v) is 21.1. The average molecular weight is 493 g/mol. The maximum absolute atomic E-state index is 5.86. The second kappa shape index (κ2) is 10.3. The van der Waals surface area contributed by atoms with E-state index < -0.39 is 0 Å². The van der Waals surface area contributed by atoms with Gasteiger partial charge in [-0.3, -0.25) is 0 Å². The van der Waals surface area contributed by atoms with Crippen molar-refractivity contribution in [1.29, 1.82) is 0 Å². The van der Waals surface area contributed by atoms with E-state index in [9.17, 15) is 0 Å². The molecule has 0 spiro atoms. The lowest BCUT2D eigenvalue weighted by molar-refractivity contribution is -0.663. The summed E-state index contributed by atoms with van der Waals surface area (Å²) in [6, 6.07) is 18.8. The smallest absolute Gasteiger partial charge is 0.245 e. The molecule has 1 aliphatic rings. The molecule has 0 N–H and O–H groups in total. The Bertz CT molecular complexity index is 1370. The minimum Gasteiger partial charge on any atom is -1.00 e. The summed E-state index contributed by atoms with van der Waals surface area (Å²) in [5.74, 6) is 2.85. The van der Waals surface area contributed by atoms with Gasteiger partial charge in [0, 0.05) is 16.7 Å². The number of benzene rings is 3. The number of aromatic nitrogens is 2. The Morgan fingerprint density at radius 3 is 2.40 bits per heavy atom. The maximum Gasteiger partial charge on any atom is 0.245 e. The number of allylic oxidation sites excluding steroid dienone is 1. The van der Waals surface area contributed by atoms with E-state index in [4.69, 9.17) is 18.9 Å². The van der Waals surface area contributed by atoms with E-state index in [1.54, 1.807) is 21.3 Å². The lowest BCUT2D eigenvalue weighted by atomic mass is 10.0. The van der Waals surface area contributed by atoms with Crippen molar-refractivity contribution >= 4 is 16.6 Å². The third-order valence-electron chi connectivity index (χ3n) is 6.25. The van der Waals surface area contributed by atoms with Crippen LogP contribution in [0.2, 0.25) is 0 Å². The first kappa shape index (κ1) is 24.5. The fraction of sp³-hybridized carbons (Fsp3) is 0.250. The lowest BCUT2D eigenvalue weighted by Gasteiger charge is -2.18. The minimum absolute atomic E-state index is 0. The number of fused-ring (bicyclic) bond motifs is 2. The molecule has 3 aromatic carbocycles. The summed E-state index contributed by atoms with van der Waals surface area (Å²) in [5, 5.41) is 0. The van der Waals surface area contributed by atoms with Crippen LogP contribution in [0.5, 0.6) is 23.0 Å². The molecule has 4 aromatic rings. The largest absolute Gasteiger partial charge is 1.00 e. The van der Waals surface area contributed by atoms with Crippen LogP contribution in [0.3, 0.4) is 0 Å². The molecule has 0 radical (unpaired) electrons. The molecule has 35 heavy (non-hydrogen) atoms. The molecule has 0 fully saturated rings. The molecule has 5 rings (SSSR count). The van der Waals surface area contributed by atoms with Crippen LogP contribution in [0.25, 0.3) is 16.6 Å². The molecule has 0 atom stereocenters. The summed E-state index contributed by atoms with van der Waals surface area (Å²) in [6.07, 6.45) is 4.36. The van der Waals surface area contributed by atoms with E-state index in [0.717, 1.165) is 23.4 Å². The fourth-order valence-corrected chi connectivity index (χ4v) is 4.61. The molecule has 1 aliphatic heterocycles. The molecule has 1 aromatic heterocycles. The van der Waals surface area contributed by atoms with Gasteiger partial charge in [0.15, 0.2) is 22.5 Å². The van der Waals surface area contributed by atoms with Gasteiger partial charge in [-0.05, 0) is 49.4 Å². The van der Waals surface area contributed by atoms with Crippen molar-refractivity contribution in [2.45, 2.75) is 20.0 Å². The zero-order chi connectivity index (χ0) is 23.7. The number of ether oxygens (including phenoxy) is 4. The van der Waals surface area contributed by atoms with E-state index in [1.807, 2.05) is 12.1 Å². The van der Waals surface area contributed by atoms with E-state index in [0.29, 0.717) is 30.4 Å². The number of hydrogen-bond donors (Lipinski definition) is 0. The molecular formula is C28H29ClN2O4. The Morgan fingerprint density at radius 2 is 1.69 bits per heavy atom. The number of nitrogens with zero attached hydrogens (tertiary/aromatic N) is 2. The molecule has 2 heterocycles. The fourth-order valence-electron chi connectivity index (χ4n) is 4.61. The van der Waals surface area contributed by atoms with Gasteiger partial charge in [0.05, 0.1) is 21.3 Å². The van der Waals surface area contributed by atoms with Gasteiger partial charge in [-0.1, -0.05) is 23.8 Å². The third kappa shape index (κ3) is 4.66. The molecule has 0 saturated heterocycles. The highest BCUT2D eigenvalue weighted by Gasteiger charge is 2.22. The van der Waals surface area contributed by atoms with Crippen LogP contribution in [0.1, 0.15) is 16.7 Å². The zero-order valence-electron chi connectivity index (χ0n) is 20.4. The average Bonchev–Trinajstić information content (AvgIpc) is 3.20. The first-order valence-electron chi connectivity index (χ1n) is 11.3. The predicted octanol–water partition coefficient (Wildman–Crippen LogP) is 1.79. The quantitative estimate of drug-likeness (QED) is 0.369. The summed E-state index contributed by atoms with van der Waals surface area (Å²) in [4.78, 5) is 0. The molecule has 182 valence electrons. The van der Waals surface area contributed by atoms with E-state index in [-0.39, 0.29) is 12.4 Å². The standard InChI is InChI=1S/C28H29N2O4.ClH/c1-19-9-10-25-22(13-19)21(11-12-34-25)17-30-18-29(23-7-5-6-8-24(23)30)16-20-14-26(31-2)28(33-4)27(15-20)32-3;/h5-11,13-15,18H,12,16-17H2,1-4H3;1H/q+1;/p-1. The van der Waals surface area contributed by atoms with Crippen LogP contribution < -0.4 is 35.9 Å². The Morgan fingerprint density at radius 1 is 0.943 bits per heavy atom. The van der Waals surface area contributed by atoms with Crippen LogP contribution in [-0.2, 0) is 13.1 Å². The molecule has 6 nitrogen and oxygen atoms in total. The number of aryl methyl sites for hydroxylation is 1. The normalized spacial score (nSPS) is 12.3. The van der Waals surface area contributed by atoms with Gasteiger partial charge in [-0.2, -0.15) is 0 Å². The number of methoxy groups -OCH3 is 3. The summed E-state index contributed by atoms with van der Waals surface area (Å²) in [7, 11) is 4.90. The number of rotatable bonds is 7. The Balaban J connectivity index is 0.00000289. The van der Waals surface area contributed by atoms with Crippen molar-refractivity contribution in [3.63, 3.8) is 0 Å². The van der Waals surface area contributed by atoms with Crippen molar-refractivity contribution in [3.8, 4) is 23.0 Å². The van der Waals surface area contributed by atoms with Gasteiger partial charge in [0.1, 0.15) is 25.4 Å². The van der Waals surface area contributed by atoms with Crippen molar-refractivity contribution in [2.75, 3.05) is 27.9 Å². The molecule has 0 aliphatic carbocycles. The highest BCUT2D eigenvalue weighted by Crippen LogP contribution is 2.38. The van der Waals surface area contributed by atoms with Crippen LogP contribution in [0.4, 0.5) is 0 Å². The van der Waals surface area contributed by atoms with Gasteiger partial charge < -0.3 is 31.4 Å². The Kier molecular flexibility index (Phi) is 7.22. The monoisotopic (exact) mass is 492 g/mol. The number of para-hydroxylation sites is 2. The van der Waals surface area contributed by atoms with Crippen molar-refractivity contribution in [3.05, 3.63) is 83.7 Å². The molecule has 0 amide bonds. The Labute approximate surface area is 211 Å². The van der Waals surface area contributed by atoms with E-state index >= 15 is 0 Å². The lowest BCUT2D eigenvalue weighted by Crippen LogP contribution is -3.00. The molecule has 0 bridgehead atoms. The summed E-state index contributed by atoms with van der Waals surface area (Å²) in [6.45, 7) is 4.14. The highest BCUT2D eigenvalue weighted by molar-refractivity contribution is 5.76. The van der Waals surface area contributed by atoms with Crippen molar-refractivity contribution in [2.24, 2.45) is 0 Å². The second-order valence-electron chi connectivity index (χ2n) is 8.43. The van der Waals surface area contributed by atoms with Gasteiger partial charge in [0.2, 0.25) is 12.1 Å². The van der Waals surface area contributed by atoms with Crippen LogP contribution >= 0.6 is 0 Å². The summed E-state index contributed by atoms with van der Waals surface area (Å²) < 4.78 is 27.0. The first-order valence-corrected chi connectivity index (χ1v) is 11.3. The van der Waals surface area contributed by atoms with Gasteiger partial charge in [-0.25, -0.2) is 9.13 Å². The number of halogens is 1. The maximum atomic E-state index is 5.86. The van der Waals surface area contributed by atoms with E-state index in [2.05, 4.69) is 70.9 Å². The number of hydrogen-bond acceptors (Lipinski definition) is 4. The number of imidazole rings is 1. The molecule has 7 heteroatoms. The van der Waals surface area contributed by atoms with Gasteiger partial charge >= 0.3 is 0 Å². The first-order chi connectivity index (χ1) is 16.6. The Hall–Kier alpha value is -3.64. The van der Waals surface area contributed by atoms with Crippen LogP contribution in [0.15, 0.2) is 67.0 Å². The SMILES string of the molecule is COc1cc(C[n+]2cn(CC3=CCOc4ccc(C)cc43)c3ccccc32)cc(OC)c1OC.[Cl-]. The molecule has 0 saturated carbocycles. The minimum atomic E-state index is 0. The topological polar surface area (TPSA) is 45.7 Å². The van der Waals surface area contributed by atoms with Gasteiger partial charge in [0.25, 0.3) is 0 Å². The van der Waals surface area contributed by atoms with Gasteiger partial charge in [-0.15, -0.1) is 0 Å². The second-order valence-corrected chi connectivity index (χ2v) is 8.43. The molecule has 0 unspecified atom stereocenters. The molecular weight excluding hydrogens is 464 g/mol. The van der Waals surface area contributed by atoms with Crippen molar-refractivity contribution in [1.82, 2.24) is 4.57 Å². The third-order valence-corrected chi connectivity index (χ3v) is 6.25. The van der Waals surface area contributed by atoms with Crippen LogP contribution in [-0.4, -0.2) is 32.5 Å². The van der Waals surface area contributed by atoms with Crippen molar-refractivity contribution < 1.29 is 35.9 Å².